The van der Waals surface area contributed by atoms with Gasteiger partial charge in [-0.05, 0) is 83.8 Å². The summed E-state index contributed by atoms with van der Waals surface area (Å²) in [5.41, 5.74) is 11.7. The first-order chi connectivity index (χ1) is 25.2. The van der Waals surface area contributed by atoms with Gasteiger partial charge in [-0.15, -0.1) is 11.3 Å². The lowest BCUT2D eigenvalue weighted by Gasteiger charge is -2.09. The average molecular weight is 673 g/mol. The monoisotopic (exact) mass is 672 g/mol. The van der Waals surface area contributed by atoms with Crippen LogP contribution in [0, 0.1) is 0 Å². The maximum Gasteiger partial charge on any atom is 0.160 e. The molecule has 0 saturated carbocycles. The van der Waals surface area contributed by atoms with E-state index in [9.17, 15) is 0 Å². The first-order valence-corrected chi connectivity index (χ1v) is 17.8. The highest BCUT2D eigenvalue weighted by Crippen LogP contribution is 2.40. The molecule has 0 unspecified atom stereocenters. The number of fused-ring (bicyclic) bond motifs is 6. The van der Waals surface area contributed by atoms with E-state index >= 15 is 0 Å². The minimum Gasteiger partial charge on any atom is -0.309 e. The normalized spacial score (nSPS) is 12.1. The molecule has 9 aromatic rings. The Morgan fingerprint density at radius 1 is 0.627 bits per heavy atom. The Morgan fingerprint density at radius 3 is 2.04 bits per heavy atom. The zero-order valence-corrected chi connectivity index (χ0v) is 28.8. The van der Waals surface area contributed by atoms with Gasteiger partial charge in [0.25, 0.3) is 0 Å². The molecule has 0 amide bonds. The third kappa shape index (κ3) is 5.36. The molecule has 0 radical (unpaired) electrons. The van der Waals surface area contributed by atoms with Crippen molar-refractivity contribution in [3.05, 3.63) is 176 Å². The summed E-state index contributed by atoms with van der Waals surface area (Å²) in [6.07, 6.45) is 5.54. The van der Waals surface area contributed by atoms with Crippen LogP contribution in [-0.2, 0) is 0 Å². The first-order valence-electron chi connectivity index (χ1n) is 17.0. The Hall–Kier alpha value is -6.43. The summed E-state index contributed by atoms with van der Waals surface area (Å²) >= 11 is 1.70. The van der Waals surface area contributed by atoms with Crippen molar-refractivity contribution in [1.82, 2.24) is 14.5 Å². The van der Waals surface area contributed by atoms with Crippen LogP contribution in [0.15, 0.2) is 176 Å². The second-order valence-electron chi connectivity index (χ2n) is 12.5. The average Bonchev–Trinajstić information content (AvgIpc) is 3.73. The van der Waals surface area contributed by atoms with Crippen LogP contribution >= 0.6 is 11.3 Å². The lowest BCUT2D eigenvalue weighted by molar-refractivity contribution is 1.18. The number of benzene rings is 6. The van der Waals surface area contributed by atoms with Crippen molar-refractivity contribution < 1.29 is 0 Å². The largest absolute Gasteiger partial charge is 0.309 e. The highest BCUT2D eigenvalue weighted by atomic mass is 32.1. The summed E-state index contributed by atoms with van der Waals surface area (Å²) in [5, 5.41) is 3.59. The van der Waals surface area contributed by atoms with E-state index in [-0.39, 0.29) is 0 Å². The van der Waals surface area contributed by atoms with Crippen LogP contribution in [0.1, 0.15) is 12.6 Å². The molecule has 5 heteroatoms. The summed E-state index contributed by atoms with van der Waals surface area (Å²) in [4.78, 5) is 14.8. The number of allylic oxidation sites excluding steroid dienone is 2. The highest BCUT2D eigenvalue weighted by Gasteiger charge is 2.19. The van der Waals surface area contributed by atoms with E-state index in [0.717, 1.165) is 54.1 Å². The number of aliphatic imine (C=N–C) groups is 1. The Bertz CT molecular complexity index is 2820. The van der Waals surface area contributed by atoms with Crippen molar-refractivity contribution >= 4 is 59.2 Å². The number of para-hydroxylation sites is 2. The molecule has 0 aliphatic heterocycles. The van der Waals surface area contributed by atoms with Gasteiger partial charge in [0.05, 0.1) is 27.0 Å². The van der Waals surface area contributed by atoms with Gasteiger partial charge in [-0.2, -0.15) is 0 Å². The quantitative estimate of drug-likeness (QED) is 0.158. The van der Waals surface area contributed by atoms with E-state index in [1.807, 2.05) is 49.4 Å². The highest BCUT2D eigenvalue weighted by molar-refractivity contribution is 7.26. The molecule has 0 bridgehead atoms. The van der Waals surface area contributed by atoms with Gasteiger partial charge in [0.15, 0.2) is 5.82 Å². The van der Waals surface area contributed by atoms with Crippen LogP contribution in [0.5, 0.6) is 0 Å². The second-order valence-corrected chi connectivity index (χ2v) is 13.5. The first kappa shape index (κ1) is 30.6. The minimum atomic E-state index is 0.676. The lowest BCUT2D eigenvalue weighted by atomic mass is 9.97. The number of hydrogen-bond acceptors (Lipinski definition) is 4. The number of hydrogen-bond donors (Lipinski definition) is 0. The van der Waals surface area contributed by atoms with E-state index in [0.29, 0.717) is 5.82 Å². The predicted octanol–water partition coefficient (Wildman–Crippen LogP) is 12.5. The van der Waals surface area contributed by atoms with Gasteiger partial charge in [0.2, 0.25) is 0 Å². The van der Waals surface area contributed by atoms with E-state index in [1.165, 1.54) is 32.9 Å². The summed E-state index contributed by atoms with van der Waals surface area (Å²) in [6, 6.07) is 51.8. The van der Waals surface area contributed by atoms with Crippen LogP contribution in [0.25, 0.3) is 81.4 Å². The van der Waals surface area contributed by atoms with Gasteiger partial charge in [0, 0.05) is 38.3 Å². The van der Waals surface area contributed by atoms with Crippen molar-refractivity contribution in [3.8, 4) is 39.3 Å². The third-order valence-electron chi connectivity index (χ3n) is 9.36. The van der Waals surface area contributed by atoms with Gasteiger partial charge in [-0.3, -0.25) is 4.99 Å². The van der Waals surface area contributed by atoms with Gasteiger partial charge < -0.3 is 4.57 Å². The van der Waals surface area contributed by atoms with Crippen LogP contribution in [-0.4, -0.2) is 20.2 Å². The van der Waals surface area contributed by atoms with Crippen molar-refractivity contribution in [3.63, 3.8) is 0 Å². The van der Waals surface area contributed by atoms with Crippen molar-refractivity contribution in [2.75, 3.05) is 0 Å². The summed E-state index contributed by atoms with van der Waals surface area (Å²) in [6.45, 7) is 5.85. The molecular formula is C46H32N4S. The molecule has 0 atom stereocenters. The predicted molar refractivity (Wildman–Crippen MR) is 217 cm³/mol. The molecule has 0 saturated heterocycles. The Kier molecular flexibility index (Phi) is 7.68. The molecule has 6 aromatic carbocycles. The molecule has 0 aliphatic rings. The molecule has 4 nitrogen and oxygen atoms in total. The summed E-state index contributed by atoms with van der Waals surface area (Å²) in [7, 11) is 0. The van der Waals surface area contributed by atoms with Crippen LogP contribution < -0.4 is 0 Å². The van der Waals surface area contributed by atoms with Crippen molar-refractivity contribution in [2.24, 2.45) is 4.99 Å². The molecule has 0 fully saturated rings. The topological polar surface area (TPSA) is 43.1 Å². The summed E-state index contributed by atoms with van der Waals surface area (Å²) < 4.78 is 4.52. The lowest BCUT2D eigenvalue weighted by Crippen LogP contribution is -2.03. The van der Waals surface area contributed by atoms with Gasteiger partial charge in [-0.1, -0.05) is 110 Å². The molecule has 9 rings (SSSR count). The van der Waals surface area contributed by atoms with Crippen LogP contribution in [0.3, 0.4) is 0 Å². The van der Waals surface area contributed by atoms with Crippen molar-refractivity contribution in [2.45, 2.75) is 6.92 Å². The van der Waals surface area contributed by atoms with E-state index in [2.05, 4.69) is 131 Å². The van der Waals surface area contributed by atoms with Crippen LogP contribution in [0.2, 0.25) is 0 Å². The number of thiophene rings is 1. The second kappa shape index (κ2) is 12.8. The molecule has 3 aromatic heterocycles. The molecule has 0 spiro atoms. The maximum absolute atomic E-state index is 5.17. The molecular weight excluding hydrogens is 641 g/mol. The zero-order valence-electron chi connectivity index (χ0n) is 28.0. The molecule has 0 N–H and O–H groups in total. The molecule has 0 aliphatic carbocycles. The third-order valence-corrected chi connectivity index (χ3v) is 10.5. The number of nitrogens with zero attached hydrogens (tertiary/aromatic N) is 4. The van der Waals surface area contributed by atoms with E-state index in [4.69, 9.17) is 9.97 Å². The van der Waals surface area contributed by atoms with E-state index < -0.39 is 0 Å². The van der Waals surface area contributed by atoms with Crippen molar-refractivity contribution in [1.29, 1.82) is 0 Å². The van der Waals surface area contributed by atoms with E-state index in [1.54, 1.807) is 17.5 Å². The van der Waals surface area contributed by atoms with Gasteiger partial charge in [-0.25, -0.2) is 9.97 Å². The summed E-state index contributed by atoms with van der Waals surface area (Å²) in [5.74, 6) is 0.676. The Morgan fingerprint density at radius 2 is 1.27 bits per heavy atom. The molecule has 3 heterocycles. The Labute approximate surface area is 300 Å². The smallest absolute Gasteiger partial charge is 0.160 e. The fourth-order valence-electron chi connectivity index (χ4n) is 7.04. The fourth-order valence-corrected chi connectivity index (χ4v) is 8.16. The zero-order chi connectivity index (χ0) is 34.3. The molecule has 242 valence electrons. The Balaban J connectivity index is 1.18. The molecule has 51 heavy (non-hydrogen) atoms. The van der Waals surface area contributed by atoms with Crippen LogP contribution in [0.4, 0.5) is 0 Å². The number of rotatable bonds is 7. The SMILES string of the molecule is C=CN=C(/C=C\C)c1nc(-c2ccccc2)nc2c1sc1ccc(-c3cccc(-c4ccc5c(c4)c4ccccc4n5-c4ccccc4)c3)cc12. The number of aromatic nitrogens is 3. The standard InChI is InChI=1S/C46H32N4S/c1-3-14-39(47-4-2)44-45-43(48-46(49-44)30-15-7-5-8-16-30)38-29-34(24-26-42(38)51-45)32-18-13-17-31(27-32)33-23-25-41-37(28-33)36-21-11-12-22-40(36)50(41)35-19-9-6-10-20-35/h3-29H,2H2,1H3/b14-3-,47-39?. The fraction of sp³-hybridized carbons (Fsp3) is 0.0217. The maximum atomic E-state index is 5.17. The minimum absolute atomic E-state index is 0.676. The van der Waals surface area contributed by atoms with Gasteiger partial charge >= 0.3 is 0 Å². The van der Waals surface area contributed by atoms with Gasteiger partial charge in [0.1, 0.15) is 5.69 Å².